The first-order valence-corrected chi connectivity index (χ1v) is 9.34. The summed E-state index contributed by atoms with van der Waals surface area (Å²) in [5, 5.41) is 0. The quantitative estimate of drug-likeness (QED) is 0.767. The van der Waals surface area contributed by atoms with Crippen LogP contribution in [-0.4, -0.2) is 34.5 Å². The van der Waals surface area contributed by atoms with Gasteiger partial charge in [-0.1, -0.05) is 26.0 Å². The molecule has 0 aliphatic heterocycles. The van der Waals surface area contributed by atoms with Crippen LogP contribution in [-0.2, 0) is 9.59 Å². The van der Waals surface area contributed by atoms with Crippen molar-refractivity contribution in [1.82, 2.24) is 4.90 Å². The van der Waals surface area contributed by atoms with Crippen LogP contribution in [0.4, 0.5) is 0 Å². The van der Waals surface area contributed by atoms with Crippen LogP contribution in [0.2, 0.25) is 0 Å². The molecule has 25 heavy (non-hydrogen) atoms. The highest BCUT2D eigenvalue weighted by Gasteiger charge is 2.42. The lowest BCUT2D eigenvalue weighted by molar-refractivity contribution is -0.134. The standard InChI is InChI=1S/C21H27NO3/c1-13(2)15-4-6-16(7-5-15)21(25)22(17-8-9-17)18-10-11-20(24)19(12-18)14(3)23/h4-7,13,17-19H,8-12H2,1-3H3. The molecule has 4 nitrogen and oxygen atoms in total. The molecule has 0 heterocycles. The van der Waals surface area contributed by atoms with E-state index in [-0.39, 0.29) is 29.6 Å². The lowest BCUT2D eigenvalue weighted by Crippen LogP contribution is -2.47. The molecule has 134 valence electrons. The van der Waals surface area contributed by atoms with E-state index in [2.05, 4.69) is 13.8 Å². The summed E-state index contributed by atoms with van der Waals surface area (Å²) in [6, 6.07) is 8.12. The van der Waals surface area contributed by atoms with Crippen molar-refractivity contribution in [3.63, 3.8) is 0 Å². The third-order valence-corrected chi connectivity index (χ3v) is 5.50. The SMILES string of the molecule is CC(=O)C1CC(N(C(=O)c2ccc(C(C)C)cc2)C2CC2)CCC1=O. The molecule has 2 aliphatic rings. The second-order valence-electron chi connectivity index (χ2n) is 7.78. The average molecular weight is 341 g/mol. The van der Waals surface area contributed by atoms with E-state index < -0.39 is 5.92 Å². The second kappa shape index (κ2) is 7.11. The summed E-state index contributed by atoms with van der Waals surface area (Å²) in [5.74, 6) is -0.0904. The van der Waals surface area contributed by atoms with Crippen molar-refractivity contribution in [1.29, 1.82) is 0 Å². The number of nitrogens with zero attached hydrogens (tertiary/aromatic N) is 1. The van der Waals surface area contributed by atoms with Gasteiger partial charge in [0.15, 0.2) is 0 Å². The first kappa shape index (κ1) is 17.8. The molecular weight excluding hydrogens is 314 g/mol. The van der Waals surface area contributed by atoms with Gasteiger partial charge in [-0.3, -0.25) is 14.4 Å². The molecule has 0 bridgehead atoms. The number of carbonyl (C=O) groups excluding carboxylic acids is 3. The molecule has 4 heteroatoms. The summed E-state index contributed by atoms with van der Waals surface area (Å²) < 4.78 is 0. The Morgan fingerprint density at radius 1 is 1.04 bits per heavy atom. The van der Waals surface area contributed by atoms with E-state index in [1.165, 1.54) is 12.5 Å². The summed E-state index contributed by atoms with van der Waals surface area (Å²) in [4.78, 5) is 38.9. The minimum atomic E-state index is -0.531. The Kier molecular flexibility index (Phi) is 5.07. The Bertz CT molecular complexity index is 673. The van der Waals surface area contributed by atoms with Gasteiger partial charge in [-0.05, 0) is 56.2 Å². The molecular formula is C21H27NO3. The Morgan fingerprint density at radius 3 is 2.20 bits per heavy atom. The van der Waals surface area contributed by atoms with Crippen molar-refractivity contribution in [2.24, 2.45) is 5.92 Å². The van der Waals surface area contributed by atoms with Crippen molar-refractivity contribution in [2.75, 3.05) is 0 Å². The van der Waals surface area contributed by atoms with Crippen LogP contribution in [0.15, 0.2) is 24.3 Å². The van der Waals surface area contributed by atoms with Gasteiger partial charge in [-0.25, -0.2) is 0 Å². The number of ketones is 2. The van der Waals surface area contributed by atoms with Crippen molar-refractivity contribution >= 4 is 17.5 Å². The highest BCUT2D eigenvalue weighted by molar-refractivity contribution is 6.02. The normalized spacial score (nSPS) is 23.6. The third kappa shape index (κ3) is 3.83. The zero-order valence-corrected chi connectivity index (χ0v) is 15.3. The Hall–Kier alpha value is -1.97. The molecule has 2 aliphatic carbocycles. The summed E-state index contributed by atoms with van der Waals surface area (Å²) >= 11 is 0. The lowest BCUT2D eigenvalue weighted by Gasteiger charge is -2.36. The molecule has 0 spiro atoms. The topological polar surface area (TPSA) is 54.5 Å². The molecule has 1 amide bonds. The Balaban J connectivity index is 1.80. The summed E-state index contributed by atoms with van der Waals surface area (Å²) in [5.41, 5.74) is 1.92. The maximum absolute atomic E-state index is 13.1. The molecule has 2 saturated carbocycles. The van der Waals surface area contributed by atoms with E-state index in [1.54, 1.807) is 0 Å². The average Bonchev–Trinajstić information content (AvgIpc) is 3.41. The zero-order chi connectivity index (χ0) is 18.1. The van der Waals surface area contributed by atoms with Gasteiger partial charge < -0.3 is 4.90 Å². The highest BCUT2D eigenvalue weighted by atomic mass is 16.2. The number of hydrogen-bond acceptors (Lipinski definition) is 3. The zero-order valence-electron chi connectivity index (χ0n) is 15.3. The fourth-order valence-electron chi connectivity index (χ4n) is 3.79. The van der Waals surface area contributed by atoms with Gasteiger partial charge in [-0.15, -0.1) is 0 Å². The predicted octanol–water partition coefficient (Wildman–Crippen LogP) is 3.74. The number of benzene rings is 1. The number of Topliss-reactive ketones (excluding diaryl/α,β-unsaturated/α-hetero) is 2. The maximum Gasteiger partial charge on any atom is 0.254 e. The molecule has 0 aromatic heterocycles. The molecule has 2 atom stereocenters. The molecule has 2 fully saturated rings. The molecule has 1 aromatic rings. The van der Waals surface area contributed by atoms with Gasteiger partial charge in [0.05, 0.1) is 5.92 Å². The molecule has 3 rings (SSSR count). The third-order valence-electron chi connectivity index (χ3n) is 5.50. The number of hydrogen-bond donors (Lipinski definition) is 0. The maximum atomic E-state index is 13.1. The summed E-state index contributed by atoms with van der Waals surface area (Å²) in [6.07, 6.45) is 3.60. The Morgan fingerprint density at radius 2 is 1.68 bits per heavy atom. The van der Waals surface area contributed by atoms with E-state index in [9.17, 15) is 14.4 Å². The molecule has 0 saturated heterocycles. The van der Waals surface area contributed by atoms with Crippen molar-refractivity contribution in [3.05, 3.63) is 35.4 Å². The summed E-state index contributed by atoms with van der Waals surface area (Å²) in [6.45, 7) is 5.75. The van der Waals surface area contributed by atoms with Crippen LogP contribution in [0.3, 0.4) is 0 Å². The highest BCUT2D eigenvalue weighted by Crippen LogP contribution is 2.36. The van der Waals surface area contributed by atoms with E-state index in [0.717, 1.165) is 12.8 Å². The van der Waals surface area contributed by atoms with Gasteiger partial charge in [0.1, 0.15) is 11.6 Å². The van der Waals surface area contributed by atoms with E-state index in [1.807, 2.05) is 29.2 Å². The van der Waals surface area contributed by atoms with Gasteiger partial charge in [-0.2, -0.15) is 0 Å². The van der Waals surface area contributed by atoms with Crippen molar-refractivity contribution in [2.45, 2.75) is 70.9 Å². The fourth-order valence-corrected chi connectivity index (χ4v) is 3.79. The summed E-state index contributed by atoms with van der Waals surface area (Å²) in [7, 11) is 0. The van der Waals surface area contributed by atoms with Crippen LogP contribution in [0.5, 0.6) is 0 Å². The minimum absolute atomic E-state index is 0.00336. The van der Waals surface area contributed by atoms with Crippen LogP contribution in [0.25, 0.3) is 0 Å². The van der Waals surface area contributed by atoms with Gasteiger partial charge in [0.2, 0.25) is 0 Å². The molecule has 0 radical (unpaired) electrons. The van der Waals surface area contributed by atoms with E-state index >= 15 is 0 Å². The lowest BCUT2D eigenvalue weighted by atomic mass is 9.81. The monoisotopic (exact) mass is 341 g/mol. The van der Waals surface area contributed by atoms with E-state index in [0.29, 0.717) is 30.7 Å². The van der Waals surface area contributed by atoms with Gasteiger partial charge in [0.25, 0.3) is 5.91 Å². The number of carbonyl (C=O) groups is 3. The number of rotatable bonds is 5. The molecule has 1 aromatic carbocycles. The van der Waals surface area contributed by atoms with Crippen LogP contribution in [0.1, 0.15) is 74.7 Å². The van der Waals surface area contributed by atoms with Gasteiger partial charge >= 0.3 is 0 Å². The number of amides is 1. The first-order valence-electron chi connectivity index (χ1n) is 9.34. The van der Waals surface area contributed by atoms with Gasteiger partial charge in [0, 0.05) is 24.1 Å². The molecule has 0 N–H and O–H groups in total. The van der Waals surface area contributed by atoms with Crippen molar-refractivity contribution < 1.29 is 14.4 Å². The molecule has 2 unspecified atom stereocenters. The van der Waals surface area contributed by atoms with Crippen LogP contribution >= 0.6 is 0 Å². The predicted molar refractivity (Wildman–Crippen MR) is 96.5 cm³/mol. The van der Waals surface area contributed by atoms with Crippen molar-refractivity contribution in [3.8, 4) is 0 Å². The Labute approximate surface area is 149 Å². The fraction of sp³-hybridized carbons (Fsp3) is 0.571. The minimum Gasteiger partial charge on any atom is -0.333 e. The first-order chi connectivity index (χ1) is 11.9. The second-order valence-corrected chi connectivity index (χ2v) is 7.78. The van der Waals surface area contributed by atoms with Crippen LogP contribution < -0.4 is 0 Å². The van der Waals surface area contributed by atoms with E-state index in [4.69, 9.17) is 0 Å². The smallest absolute Gasteiger partial charge is 0.254 e. The van der Waals surface area contributed by atoms with Crippen LogP contribution in [0, 0.1) is 5.92 Å². The largest absolute Gasteiger partial charge is 0.333 e.